The van der Waals surface area contributed by atoms with Gasteiger partial charge in [0.15, 0.2) is 6.10 Å². The van der Waals surface area contributed by atoms with E-state index < -0.39 is 12.1 Å². The number of ether oxygens (including phenoxy) is 2. The van der Waals surface area contributed by atoms with Crippen LogP contribution in [0.4, 0.5) is 0 Å². The average Bonchev–Trinajstić information content (AvgIpc) is 3.14. The summed E-state index contributed by atoms with van der Waals surface area (Å²) >= 11 is 1.56. The van der Waals surface area contributed by atoms with Crippen molar-refractivity contribution in [1.82, 2.24) is 0 Å². The van der Waals surface area contributed by atoms with Gasteiger partial charge in [0.2, 0.25) is 5.78 Å². The first-order valence-electron chi connectivity index (χ1n) is 8.62. The molecule has 0 N–H and O–H groups in total. The molecule has 0 saturated carbocycles. The Bertz CT molecular complexity index is 844. The van der Waals surface area contributed by atoms with Crippen LogP contribution in [0.1, 0.15) is 45.2 Å². The van der Waals surface area contributed by atoms with Crippen molar-refractivity contribution < 1.29 is 19.1 Å². The van der Waals surface area contributed by atoms with Gasteiger partial charge in [0.1, 0.15) is 11.3 Å². The molecule has 5 heteroatoms. The summed E-state index contributed by atoms with van der Waals surface area (Å²) in [5, 5.41) is 0. The fourth-order valence-corrected chi connectivity index (χ4v) is 3.63. The largest absolute Gasteiger partial charge is 0.496 e. The molecule has 0 heterocycles. The van der Waals surface area contributed by atoms with Crippen LogP contribution in [0.5, 0.6) is 5.75 Å². The van der Waals surface area contributed by atoms with Gasteiger partial charge in [-0.15, -0.1) is 11.8 Å². The number of rotatable bonds is 6. The zero-order valence-electron chi connectivity index (χ0n) is 15.2. The Balaban J connectivity index is 1.74. The maximum absolute atomic E-state index is 12.7. The highest BCUT2D eigenvalue weighted by molar-refractivity contribution is 7.98. The Morgan fingerprint density at radius 2 is 1.85 bits per heavy atom. The molecule has 0 unspecified atom stereocenters. The standard InChI is InChI=1S/C21H22O4S/c1-13(20(22)16-8-7-14-5-4-6-15(14)11-16)25-21(23)18-10-9-17(26-3)12-19(18)24-2/h7-13H,4-6H2,1-3H3/t13-/m0/s1. The van der Waals surface area contributed by atoms with E-state index in [2.05, 4.69) is 0 Å². The molecule has 136 valence electrons. The topological polar surface area (TPSA) is 52.6 Å². The van der Waals surface area contributed by atoms with Crippen molar-refractivity contribution in [1.29, 1.82) is 0 Å². The molecule has 0 fully saturated rings. The van der Waals surface area contributed by atoms with Crippen LogP contribution in [0.2, 0.25) is 0 Å². The molecule has 0 radical (unpaired) electrons. The van der Waals surface area contributed by atoms with E-state index in [0.717, 1.165) is 24.2 Å². The number of hydrogen-bond donors (Lipinski definition) is 0. The number of fused-ring (bicyclic) bond motifs is 1. The molecule has 26 heavy (non-hydrogen) atoms. The van der Waals surface area contributed by atoms with Crippen LogP contribution >= 0.6 is 11.8 Å². The van der Waals surface area contributed by atoms with Crippen LogP contribution in [0, 0.1) is 0 Å². The predicted octanol–water partition coefficient (Wildman–Crippen LogP) is 4.33. The quantitative estimate of drug-likeness (QED) is 0.430. The van der Waals surface area contributed by atoms with Gasteiger partial charge in [-0.05, 0) is 67.8 Å². The zero-order valence-corrected chi connectivity index (χ0v) is 16.0. The smallest absolute Gasteiger partial charge is 0.342 e. The molecule has 2 aromatic carbocycles. The van der Waals surface area contributed by atoms with E-state index in [9.17, 15) is 9.59 Å². The lowest BCUT2D eigenvalue weighted by molar-refractivity contribution is 0.0316. The highest BCUT2D eigenvalue weighted by Crippen LogP contribution is 2.27. The Morgan fingerprint density at radius 3 is 2.58 bits per heavy atom. The summed E-state index contributed by atoms with van der Waals surface area (Å²) in [6, 6.07) is 11.0. The van der Waals surface area contributed by atoms with Crippen molar-refractivity contribution in [3.8, 4) is 5.75 Å². The second-order valence-corrected chi connectivity index (χ2v) is 7.19. The second kappa shape index (κ2) is 7.96. The van der Waals surface area contributed by atoms with Crippen molar-refractivity contribution in [3.63, 3.8) is 0 Å². The monoisotopic (exact) mass is 370 g/mol. The maximum atomic E-state index is 12.7. The van der Waals surface area contributed by atoms with Crippen molar-refractivity contribution in [2.75, 3.05) is 13.4 Å². The molecule has 0 amide bonds. The van der Waals surface area contributed by atoms with E-state index in [-0.39, 0.29) is 5.78 Å². The van der Waals surface area contributed by atoms with E-state index in [0.29, 0.717) is 16.9 Å². The summed E-state index contributed by atoms with van der Waals surface area (Å²) in [5.41, 5.74) is 3.45. The van der Waals surface area contributed by atoms with Crippen molar-refractivity contribution in [2.24, 2.45) is 0 Å². The Kier molecular flexibility index (Phi) is 5.67. The third-order valence-corrected chi connectivity index (χ3v) is 5.39. The second-order valence-electron chi connectivity index (χ2n) is 6.32. The SMILES string of the molecule is COc1cc(SC)ccc1C(=O)O[C@@H](C)C(=O)c1ccc2c(c1)CCC2. The number of esters is 1. The molecule has 1 atom stereocenters. The average molecular weight is 370 g/mol. The molecule has 0 spiro atoms. The molecule has 0 aliphatic heterocycles. The molecule has 4 nitrogen and oxygen atoms in total. The third-order valence-electron chi connectivity index (χ3n) is 4.66. The fraction of sp³-hybridized carbons (Fsp3) is 0.333. The summed E-state index contributed by atoms with van der Waals surface area (Å²) in [6.07, 6.45) is 4.30. The minimum Gasteiger partial charge on any atom is -0.496 e. The van der Waals surface area contributed by atoms with Crippen LogP contribution in [0.25, 0.3) is 0 Å². The van der Waals surface area contributed by atoms with Gasteiger partial charge in [-0.25, -0.2) is 4.79 Å². The van der Waals surface area contributed by atoms with Gasteiger partial charge < -0.3 is 9.47 Å². The van der Waals surface area contributed by atoms with Crippen molar-refractivity contribution >= 4 is 23.5 Å². The molecular formula is C21H22O4S. The lowest BCUT2D eigenvalue weighted by atomic mass is 10.0. The number of methoxy groups -OCH3 is 1. The summed E-state index contributed by atoms with van der Waals surface area (Å²) in [7, 11) is 1.51. The lowest BCUT2D eigenvalue weighted by Crippen LogP contribution is -2.24. The molecule has 0 aromatic heterocycles. The van der Waals surface area contributed by atoms with Crippen molar-refractivity contribution in [2.45, 2.75) is 37.2 Å². The summed E-state index contributed by atoms with van der Waals surface area (Å²) in [5.74, 6) is -0.303. The number of carbonyl (C=O) groups excluding carboxylic acids is 2. The van der Waals surface area contributed by atoms with Crippen LogP contribution in [-0.2, 0) is 17.6 Å². The molecule has 2 aromatic rings. The molecule has 1 aliphatic carbocycles. The number of thioether (sulfide) groups is 1. The molecule has 0 bridgehead atoms. The van der Waals surface area contributed by atoms with Crippen LogP contribution < -0.4 is 4.74 Å². The first-order chi connectivity index (χ1) is 12.5. The van der Waals surface area contributed by atoms with Crippen LogP contribution in [0.3, 0.4) is 0 Å². The van der Waals surface area contributed by atoms with Gasteiger partial charge in [-0.3, -0.25) is 4.79 Å². The number of hydrogen-bond acceptors (Lipinski definition) is 5. The first kappa shape index (κ1) is 18.5. The number of benzene rings is 2. The summed E-state index contributed by atoms with van der Waals surface area (Å²) in [4.78, 5) is 26.1. The number of carbonyl (C=O) groups is 2. The zero-order chi connectivity index (χ0) is 18.7. The van der Waals surface area contributed by atoms with Crippen molar-refractivity contribution in [3.05, 3.63) is 58.7 Å². The minimum atomic E-state index is -0.855. The number of aryl methyl sites for hydroxylation is 2. The van der Waals surface area contributed by atoms with Gasteiger partial charge in [-0.2, -0.15) is 0 Å². The first-order valence-corrected chi connectivity index (χ1v) is 9.85. The van der Waals surface area contributed by atoms with Crippen LogP contribution in [0.15, 0.2) is 41.3 Å². The van der Waals surface area contributed by atoms with Gasteiger partial charge in [0.05, 0.1) is 7.11 Å². The highest BCUT2D eigenvalue weighted by atomic mass is 32.2. The summed E-state index contributed by atoms with van der Waals surface area (Å²) < 4.78 is 10.7. The number of Topliss-reactive ketones (excluding diaryl/α,β-unsaturated/α-hetero) is 1. The van der Waals surface area contributed by atoms with E-state index >= 15 is 0 Å². The lowest BCUT2D eigenvalue weighted by Gasteiger charge is -2.15. The third kappa shape index (κ3) is 3.78. The maximum Gasteiger partial charge on any atom is 0.342 e. The van der Waals surface area contributed by atoms with E-state index in [1.807, 2.05) is 30.5 Å². The number of ketones is 1. The minimum absolute atomic E-state index is 0.187. The fourth-order valence-electron chi connectivity index (χ4n) is 3.20. The van der Waals surface area contributed by atoms with Gasteiger partial charge in [0.25, 0.3) is 0 Å². The highest BCUT2D eigenvalue weighted by Gasteiger charge is 2.23. The molecular weight excluding hydrogens is 348 g/mol. The Morgan fingerprint density at radius 1 is 1.08 bits per heavy atom. The molecule has 1 aliphatic rings. The Hall–Kier alpha value is -2.27. The predicted molar refractivity (Wildman–Crippen MR) is 102 cm³/mol. The van der Waals surface area contributed by atoms with E-state index in [4.69, 9.17) is 9.47 Å². The summed E-state index contributed by atoms with van der Waals surface area (Å²) in [6.45, 7) is 1.61. The van der Waals surface area contributed by atoms with Gasteiger partial charge in [0, 0.05) is 10.5 Å². The normalized spacial score (nSPS) is 13.8. The van der Waals surface area contributed by atoms with E-state index in [1.54, 1.807) is 30.8 Å². The van der Waals surface area contributed by atoms with Crippen LogP contribution in [-0.4, -0.2) is 31.2 Å². The molecule has 3 rings (SSSR count). The Labute approximate surface area is 157 Å². The van der Waals surface area contributed by atoms with E-state index in [1.165, 1.54) is 18.2 Å². The van der Waals surface area contributed by atoms with Gasteiger partial charge in [-0.1, -0.05) is 12.1 Å². The molecule has 0 saturated heterocycles. The van der Waals surface area contributed by atoms with Gasteiger partial charge >= 0.3 is 5.97 Å².